The number of benzene rings is 3. The van der Waals surface area contributed by atoms with E-state index in [0.717, 1.165) is 0 Å². The molecule has 3 aromatic carbocycles. The van der Waals surface area contributed by atoms with E-state index < -0.39 is 13.7 Å². The van der Waals surface area contributed by atoms with E-state index in [1.807, 2.05) is 24.3 Å². The van der Waals surface area contributed by atoms with Crippen LogP contribution < -0.4 is 5.19 Å². The molecule has 1 aliphatic heterocycles. The molecule has 4 heteroatoms. The fourth-order valence-electron chi connectivity index (χ4n) is 5.60. The van der Waals surface area contributed by atoms with Crippen molar-refractivity contribution in [1.29, 1.82) is 0 Å². The van der Waals surface area contributed by atoms with Crippen LogP contribution in [0.25, 0.3) is 0 Å². The molecule has 0 N–H and O–H groups in total. The van der Waals surface area contributed by atoms with E-state index in [4.69, 9.17) is 14.2 Å². The number of hydrogen-bond donors (Lipinski definition) is 0. The van der Waals surface area contributed by atoms with Crippen molar-refractivity contribution in [2.45, 2.75) is 69.9 Å². The molecule has 4 rings (SSSR count). The van der Waals surface area contributed by atoms with Crippen molar-refractivity contribution in [3.63, 3.8) is 0 Å². The van der Waals surface area contributed by atoms with Crippen molar-refractivity contribution >= 4 is 13.3 Å². The smallest absolute Gasteiger partial charge is 0.115 e. The van der Waals surface area contributed by atoms with Gasteiger partial charge >= 0.3 is 0 Å². The first-order valence-electron chi connectivity index (χ1n) is 12.3. The summed E-state index contributed by atoms with van der Waals surface area (Å²) in [5.41, 5.74) is 1.80. The van der Waals surface area contributed by atoms with E-state index >= 15 is 0 Å². The minimum atomic E-state index is -2.03. The molecule has 1 aliphatic rings. The van der Waals surface area contributed by atoms with E-state index in [2.05, 4.69) is 101 Å². The molecule has 34 heavy (non-hydrogen) atoms. The Morgan fingerprint density at radius 2 is 1.26 bits per heavy atom. The zero-order valence-electron chi connectivity index (χ0n) is 21.2. The van der Waals surface area contributed by atoms with Crippen molar-refractivity contribution in [2.75, 3.05) is 6.61 Å². The summed E-state index contributed by atoms with van der Waals surface area (Å²) in [5.74, 6) is 0. The first kappa shape index (κ1) is 24.9. The van der Waals surface area contributed by atoms with Gasteiger partial charge in [0.15, 0.2) is 0 Å². The van der Waals surface area contributed by atoms with Gasteiger partial charge in [-0.05, 0) is 25.0 Å². The average Bonchev–Trinajstić information content (AvgIpc) is 3.05. The van der Waals surface area contributed by atoms with Crippen LogP contribution in [0.2, 0.25) is 18.1 Å². The molecule has 0 spiro atoms. The van der Waals surface area contributed by atoms with Gasteiger partial charge in [-0.1, -0.05) is 116 Å². The Morgan fingerprint density at radius 3 is 1.82 bits per heavy atom. The molecule has 3 aromatic rings. The molecule has 0 aromatic heterocycles. The van der Waals surface area contributed by atoms with Crippen molar-refractivity contribution in [1.82, 2.24) is 0 Å². The largest absolute Gasteiger partial charge is 0.374 e. The second kappa shape index (κ2) is 10.2. The Kier molecular flexibility index (Phi) is 7.44. The average molecular weight is 475 g/mol. The molecular weight excluding hydrogens is 436 g/mol. The summed E-state index contributed by atoms with van der Waals surface area (Å²) in [5, 5.41) is 1.28. The summed E-state index contributed by atoms with van der Waals surface area (Å²) in [6.45, 7) is 13.3. The quantitative estimate of drug-likeness (QED) is 0.339. The van der Waals surface area contributed by atoms with E-state index in [0.29, 0.717) is 19.8 Å². The number of hydrogen-bond acceptors (Lipinski definition) is 3. The highest BCUT2D eigenvalue weighted by Gasteiger charge is 2.65. The van der Waals surface area contributed by atoms with Crippen LogP contribution in [0.5, 0.6) is 0 Å². The zero-order valence-corrected chi connectivity index (χ0v) is 22.2. The summed E-state index contributed by atoms with van der Waals surface area (Å²) in [6, 6.07) is 31.7. The topological polar surface area (TPSA) is 27.7 Å². The van der Waals surface area contributed by atoms with Crippen molar-refractivity contribution < 1.29 is 14.2 Å². The van der Waals surface area contributed by atoms with Crippen LogP contribution in [-0.4, -0.2) is 32.5 Å². The van der Waals surface area contributed by atoms with Crippen LogP contribution in [-0.2, 0) is 27.4 Å². The lowest BCUT2D eigenvalue weighted by Gasteiger charge is -2.47. The van der Waals surface area contributed by atoms with Gasteiger partial charge in [0.2, 0.25) is 0 Å². The van der Waals surface area contributed by atoms with Crippen LogP contribution >= 0.6 is 0 Å². The molecule has 0 saturated carbocycles. The Bertz CT molecular complexity index is 1040. The third-order valence-corrected chi connectivity index (χ3v) is 13.1. The van der Waals surface area contributed by atoms with E-state index in [1.165, 1.54) is 16.3 Å². The molecule has 3 nitrogen and oxygen atoms in total. The summed E-state index contributed by atoms with van der Waals surface area (Å²) < 4.78 is 19.9. The van der Waals surface area contributed by atoms with Crippen LogP contribution in [0.4, 0.5) is 0 Å². The number of rotatable bonds is 9. The van der Waals surface area contributed by atoms with Gasteiger partial charge < -0.3 is 14.2 Å². The van der Waals surface area contributed by atoms with Gasteiger partial charge in [-0.3, -0.25) is 0 Å². The summed E-state index contributed by atoms with van der Waals surface area (Å²) in [6.07, 6.45) is -0.0617. The number of ether oxygens (including phenoxy) is 3. The zero-order chi connectivity index (χ0) is 24.2. The van der Waals surface area contributed by atoms with Gasteiger partial charge in [0.05, 0.1) is 40.1 Å². The van der Waals surface area contributed by atoms with Crippen molar-refractivity contribution in [3.05, 3.63) is 102 Å². The highest BCUT2D eigenvalue weighted by atomic mass is 28.3. The Labute approximate surface area is 206 Å². The Balaban J connectivity index is 1.63. The highest BCUT2D eigenvalue weighted by Crippen LogP contribution is 2.57. The lowest BCUT2D eigenvalue weighted by molar-refractivity contribution is -0.134. The Morgan fingerprint density at radius 1 is 0.765 bits per heavy atom. The molecule has 0 unspecified atom stereocenters. The summed E-state index contributed by atoms with van der Waals surface area (Å²) in [7, 11) is -2.03. The maximum Gasteiger partial charge on any atom is 0.115 e. The van der Waals surface area contributed by atoms with Gasteiger partial charge in [-0.2, -0.15) is 0 Å². The van der Waals surface area contributed by atoms with Gasteiger partial charge in [0.1, 0.15) is 5.60 Å². The normalized spacial score (nSPS) is 27.1. The lowest BCUT2D eigenvalue weighted by atomic mass is 9.90. The molecule has 0 bridgehead atoms. The fraction of sp³-hybridized carbons (Fsp3) is 0.400. The minimum Gasteiger partial charge on any atom is -0.374 e. The van der Waals surface area contributed by atoms with Crippen LogP contribution in [0, 0.1) is 0 Å². The van der Waals surface area contributed by atoms with Crippen molar-refractivity contribution in [3.8, 4) is 0 Å². The van der Waals surface area contributed by atoms with E-state index in [1.54, 1.807) is 0 Å². The van der Waals surface area contributed by atoms with Gasteiger partial charge in [0, 0.05) is 5.04 Å². The molecule has 1 fully saturated rings. The highest BCUT2D eigenvalue weighted by molar-refractivity contribution is 6.92. The van der Waals surface area contributed by atoms with E-state index in [-0.39, 0.29) is 17.2 Å². The Hall–Kier alpha value is -2.24. The van der Waals surface area contributed by atoms with Crippen molar-refractivity contribution in [2.24, 2.45) is 0 Å². The minimum absolute atomic E-state index is 0.0421. The molecular formula is C30H38O3Si. The standard InChI is InChI=1S/C30H38O3Si/c1-24-30(3,34(4,5)27-19-13-8-14-20-27)28(32-22-26-17-11-7-12-18-26)29(2,33-24)23-31-21-25-15-9-6-10-16-25/h6-20,24,28H,21-23H2,1-5H3/t24-,28-,29-,30-/m0/s1. The van der Waals surface area contributed by atoms with E-state index in [9.17, 15) is 0 Å². The van der Waals surface area contributed by atoms with Gasteiger partial charge in [-0.15, -0.1) is 0 Å². The molecule has 1 heterocycles. The predicted octanol–water partition coefficient (Wildman–Crippen LogP) is 6.34. The molecule has 180 valence electrons. The molecule has 0 amide bonds. The van der Waals surface area contributed by atoms with Crippen LogP contribution in [0.1, 0.15) is 31.9 Å². The predicted molar refractivity (Wildman–Crippen MR) is 142 cm³/mol. The molecule has 1 saturated heterocycles. The molecule has 0 radical (unpaired) electrons. The maximum atomic E-state index is 6.83. The summed E-state index contributed by atoms with van der Waals surface area (Å²) >= 11 is 0. The lowest BCUT2D eigenvalue weighted by Crippen LogP contribution is -2.60. The third-order valence-electron chi connectivity index (χ3n) is 7.99. The fourth-order valence-corrected chi connectivity index (χ4v) is 9.36. The first-order valence-corrected chi connectivity index (χ1v) is 15.3. The van der Waals surface area contributed by atoms with Gasteiger partial charge in [-0.25, -0.2) is 0 Å². The van der Waals surface area contributed by atoms with Crippen LogP contribution in [0.15, 0.2) is 91.0 Å². The monoisotopic (exact) mass is 474 g/mol. The first-order chi connectivity index (χ1) is 16.3. The maximum absolute atomic E-state index is 6.83. The summed E-state index contributed by atoms with van der Waals surface area (Å²) in [4.78, 5) is 0. The van der Waals surface area contributed by atoms with Gasteiger partial charge in [0.25, 0.3) is 0 Å². The third kappa shape index (κ3) is 4.78. The second-order valence-corrected chi connectivity index (χ2v) is 15.4. The molecule has 0 aliphatic carbocycles. The second-order valence-electron chi connectivity index (χ2n) is 10.5. The SMILES string of the molecule is C[C@@H]1O[C@@](C)(COCc2ccccc2)[C@H](OCc2ccccc2)[C@@]1(C)[Si](C)(C)c1ccccc1. The molecule has 4 atom stereocenters. The van der Waals surface area contributed by atoms with Crippen LogP contribution in [0.3, 0.4) is 0 Å².